The van der Waals surface area contributed by atoms with Crippen molar-refractivity contribution < 1.29 is 29.3 Å². The Morgan fingerprint density at radius 2 is 1.68 bits per heavy atom. The topological polar surface area (TPSA) is 104 Å². The number of rotatable bonds is 2. The highest BCUT2D eigenvalue weighted by atomic mass is 16.6. The van der Waals surface area contributed by atoms with Crippen LogP contribution < -0.4 is 0 Å². The summed E-state index contributed by atoms with van der Waals surface area (Å²) in [5.41, 5.74) is -0.711. The van der Waals surface area contributed by atoms with Gasteiger partial charge in [0.05, 0.1) is 11.8 Å². The minimum atomic E-state index is -1.22. The zero-order valence-electron chi connectivity index (χ0n) is 11.4. The maximum atomic E-state index is 11.9. The van der Waals surface area contributed by atoms with Crippen LogP contribution in [0.1, 0.15) is 27.7 Å². The van der Waals surface area contributed by atoms with Gasteiger partial charge in [-0.25, -0.2) is 4.79 Å². The fourth-order valence-electron chi connectivity index (χ4n) is 2.19. The van der Waals surface area contributed by atoms with Crippen molar-refractivity contribution in [1.82, 2.24) is 4.90 Å². The molecule has 1 heterocycles. The Balaban J connectivity index is 2.91. The second-order valence-electron chi connectivity index (χ2n) is 5.68. The molecular formula is C12H19NO6. The van der Waals surface area contributed by atoms with Crippen molar-refractivity contribution in [3.8, 4) is 0 Å². The molecule has 0 unspecified atom stereocenters. The standard InChI is InChI=1S/C12H19NO6/c1-6-8(10(16)17)7(9(14)15)5-13(6)11(18)19-12(2,3)4/h6-8H,5H2,1-4H3,(H,14,15)(H,16,17)/t6-,7+,8+/m1/s1. The van der Waals surface area contributed by atoms with Crippen LogP contribution in [0.2, 0.25) is 0 Å². The molecule has 1 saturated heterocycles. The Morgan fingerprint density at radius 1 is 1.16 bits per heavy atom. The first-order valence-corrected chi connectivity index (χ1v) is 6.00. The number of carboxylic acids is 2. The molecule has 0 saturated carbocycles. The molecule has 0 aliphatic carbocycles. The van der Waals surface area contributed by atoms with Crippen LogP contribution >= 0.6 is 0 Å². The summed E-state index contributed by atoms with van der Waals surface area (Å²) in [4.78, 5) is 35.3. The Kier molecular flexibility index (Phi) is 4.07. The molecule has 2 N–H and O–H groups in total. The van der Waals surface area contributed by atoms with Crippen molar-refractivity contribution >= 4 is 18.0 Å². The van der Waals surface area contributed by atoms with Crippen LogP contribution in [0.4, 0.5) is 4.79 Å². The Bertz CT molecular complexity index is 400. The van der Waals surface area contributed by atoms with Crippen LogP contribution in [0.5, 0.6) is 0 Å². The van der Waals surface area contributed by atoms with Gasteiger partial charge in [0, 0.05) is 12.6 Å². The molecule has 0 radical (unpaired) electrons. The molecule has 1 aliphatic heterocycles. The van der Waals surface area contributed by atoms with E-state index in [4.69, 9.17) is 14.9 Å². The van der Waals surface area contributed by atoms with Crippen molar-refractivity contribution in [2.24, 2.45) is 11.8 Å². The average molecular weight is 273 g/mol. The van der Waals surface area contributed by atoms with Crippen LogP contribution in [-0.2, 0) is 14.3 Å². The van der Waals surface area contributed by atoms with E-state index in [-0.39, 0.29) is 6.54 Å². The Labute approximate surface area is 111 Å². The van der Waals surface area contributed by atoms with E-state index in [1.54, 1.807) is 20.8 Å². The molecule has 108 valence electrons. The molecule has 0 aromatic carbocycles. The number of amides is 1. The van der Waals surface area contributed by atoms with Crippen LogP contribution in [-0.4, -0.2) is 51.3 Å². The first kappa shape index (κ1) is 15.3. The minimum Gasteiger partial charge on any atom is -0.481 e. The van der Waals surface area contributed by atoms with E-state index in [1.807, 2.05) is 0 Å². The SMILES string of the molecule is C[C@@H]1[C@H](C(=O)O)[C@@H](C(=O)O)CN1C(=O)OC(C)(C)C. The van der Waals surface area contributed by atoms with E-state index < -0.39 is 41.5 Å². The molecule has 1 aliphatic rings. The largest absolute Gasteiger partial charge is 0.481 e. The van der Waals surface area contributed by atoms with Crippen molar-refractivity contribution in [2.75, 3.05) is 6.54 Å². The van der Waals surface area contributed by atoms with Gasteiger partial charge in [0.25, 0.3) is 0 Å². The van der Waals surface area contributed by atoms with E-state index >= 15 is 0 Å². The van der Waals surface area contributed by atoms with Crippen LogP contribution in [0.15, 0.2) is 0 Å². The number of carbonyl (C=O) groups is 3. The van der Waals surface area contributed by atoms with Crippen molar-refractivity contribution in [3.05, 3.63) is 0 Å². The first-order valence-electron chi connectivity index (χ1n) is 6.00. The summed E-state index contributed by atoms with van der Waals surface area (Å²) in [5, 5.41) is 18.1. The van der Waals surface area contributed by atoms with Gasteiger partial charge in [0.1, 0.15) is 5.60 Å². The zero-order chi connectivity index (χ0) is 15.0. The molecule has 7 heteroatoms. The predicted octanol–water partition coefficient (Wildman–Crippen LogP) is 1.03. The maximum Gasteiger partial charge on any atom is 0.410 e. The van der Waals surface area contributed by atoms with E-state index in [2.05, 4.69) is 0 Å². The molecule has 0 aromatic rings. The maximum absolute atomic E-state index is 11.9. The highest BCUT2D eigenvalue weighted by Crippen LogP contribution is 2.31. The molecule has 19 heavy (non-hydrogen) atoms. The minimum absolute atomic E-state index is 0.150. The van der Waals surface area contributed by atoms with Crippen molar-refractivity contribution in [3.63, 3.8) is 0 Å². The van der Waals surface area contributed by atoms with Gasteiger partial charge in [0.2, 0.25) is 0 Å². The highest BCUT2D eigenvalue weighted by Gasteiger charge is 2.49. The van der Waals surface area contributed by atoms with Crippen molar-refractivity contribution in [1.29, 1.82) is 0 Å². The first-order chi connectivity index (χ1) is 8.54. The molecular weight excluding hydrogens is 254 g/mol. The number of carbonyl (C=O) groups excluding carboxylic acids is 1. The lowest BCUT2D eigenvalue weighted by atomic mass is 9.91. The molecule has 0 bridgehead atoms. The van der Waals surface area contributed by atoms with Gasteiger partial charge in [-0.15, -0.1) is 0 Å². The number of carboxylic acid groups (broad SMARTS) is 2. The van der Waals surface area contributed by atoms with Gasteiger partial charge >= 0.3 is 18.0 Å². The molecule has 1 rings (SSSR count). The van der Waals surface area contributed by atoms with E-state index in [9.17, 15) is 14.4 Å². The summed E-state index contributed by atoms with van der Waals surface area (Å²) >= 11 is 0. The predicted molar refractivity (Wildman–Crippen MR) is 64.7 cm³/mol. The molecule has 1 amide bonds. The van der Waals surface area contributed by atoms with Gasteiger partial charge in [-0.1, -0.05) is 0 Å². The number of hydrogen-bond acceptors (Lipinski definition) is 4. The van der Waals surface area contributed by atoms with Crippen molar-refractivity contribution in [2.45, 2.75) is 39.3 Å². The summed E-state index contributed by atoms with van der Waals surface area (Å²) in [6.07, 6.45) is -0.685. The van der Waals surface area contributed by atoms with Crippen LogP contribution in [0.3, 0.4) is 0 Å². The highest BCUT2D eigenvalue weighted by molar-refractivity contribution is 5.83. The summed E-state index contributed by atoms with van der Waals surface area (Å²) in [7, 11) is 0. The quantitative estimate of drug-likeness (QED) is 0.778. The summed E-state index contributed by atoms with van der Waals surface area (Å²) in [5.74, 6) is -4.67. The lowest BCUT2D eigenvalue weighted by Gasteiger charge is -2.27. The molecule has 1 fully saturated rings. The third kappa shape index (κ3) is 3.36. The van der Waals surface area contributed by atoms with Gasteiger partial charge in [-0.3, -0.25) is 9.59 Å². The number of aliphatic carboxylic acids is 2. The van der Waals surface area contributed by atoms with Crippen LogP contribution in [0.25, 0.3) is 0 Å². The fourth-order valence-corrected chi connectivity index (χ4v) is 2.19. The third-order valence-electron chi connectivity index (χ3n) is 3.07. The molecule has 0 spiro atoms. The summed E-state index contributed by atoms with van der Waals surface area (Å²) in [6.45, 7) is 6.44. The lowest BCUT2D eigenvalue weighted by Crippen LogP contribution is -2.41. The van der Waals surface area contributed by atoms with Gasteiger partial charge < -0.3 is 19.8 Å². The number of likely N-dealkylation sites (tertiary alicyclic amines) is 1. The number of ether oxygens (including phenoxy) is 1. The monoisotopic (exact) mass is 273 g/mol. The van der Waals surface area contributed by atoms with Crippen LogP contribution in [0, 0.1) is 11.8 Å². The molecule has 7 nitrogen and oxygen atoms in total. The second-order valence-corrected chi connectivity index (χ2v) is 5.68. The van der Waals surface area contributed by atoms with E-state index in [0.29, 0.717) is 0 Å². The Morgan fingerprint density at radius 3 is 2.00 bits per heavy atom. The zero-order valence-corrected chi connectivity index (χ0v) is 11.4. The average Bonchev–Trinajstić information content (AvgIpc) is 2.53. The third-order valence-corrected chi connectivity index (χ3v) is 3.07. The number of nitrogens with zero attached hydrogens (tertiary/aromatic N) is 1. The van der Waals surface area contributed by atoms with Gasteiger partial charge in [-0.05, 0) is 27.7 Å². The van der Waals surface area contributed by atoms with E-state index in [0.717, 1.165) is 0 Å². The lowest BCUT2D eigenvalue weighted by molar-refractivity contribution is -0.152. The fraction of sp³-hybridized carbons (Fsp3) is 0.750. The molecule has 3 atom stereocenters. The normalized spacial score (nSPS) is 27.2. The number of hydrogen-bond donors (Lipinski definition) is 2. The van der Waals surface area contributed by atoms with Gasteiger partial charge in [0.15, 0.2) is 0 Å². The Hall–Kier alpha value is -1.79. The second kappa shape index (κ2) is 5.07. The molecule has 0 aromatic heterocycles. The van der Waals surface area contributed by atoms with E-state index in [1.165, 1.54) is 11.8 Å². The smallest absolute Gasteiger partial charge is 0.410 e. The summed E-state index contributed by atoms with van der Waals surface area (Å²) < 4.78 is 5.15. The summed E-state index contributed by atoms with van der Waals surface area (Å²) in [6, 6.07) is -0.714. The van der Waals surface area contributed by atoms with Gasteiger partial charge in [-0.2, -0.15) is 0 Å².